The number of rotatable bonds is 4. The number of hydrogen-bond acceptors (Lipinski definition) is 7. The predicted molar refractivity (Wildman–Crippen MR) is 153 cm³/mol. The number of ether oxygens (including phenoxy) is 2. The van der Waals surface area contributed by atoms with Crippen LogP contribution in [-0.2, 0) is 11.3 Å². The van der Waals surface area contributed by atoms with Gasteiger partial charge in [0.1, 0.15) is 5.60 Å². The van der Waals surface area contributed by atoms with Crippen LogP contribution in [0.5, 0.6) is 5.88 Å². The van der Waals surface area contributed by atoms with E-state index in [1.807, 2.05) is 68.5 Å². The number of carbonyl (C=O) groups is 1. The first-order valence-electron chi connectivity index (χ1n) is 13.3. The standard InChI is InChI=1S/C22H18N4O2.C9H17NO2/c1-14-3-7-17(8-4-14)20-19(16-9-5-15(11-23)6-10-16)25-22(28-2)21-24-18(13-27)12-26(20)21;1-9(2,3)12-8(11)10-6-4-5-7-10/h3-10,12,27H,13H2,1-2H3;4-7H2,1-3H3. The lowest BCUT2D eigenvalue weighted by Crippen LogP contribution is -2.34. The largest absolute Gasteiger partial charge is 0.478 e. The van der Waals surface area contributed by atoms with Crippen LogP contribution in [-0.4, -0.2) is 56.3 Å². The van der Waals surface area contributed by atoms with Gasteiger partial charge in [0.15, 0.2) is 0 Å². The van der Waals surface area contributed by atoms with Gasteiger partial charge in [0, 0.05) is 30.4 Å². The molecule has 2 aromatic carbocycles. The van der Waals surface area contributed by atoms with Crippen LogP contribution >= 0.6 is 0 Å². The molecule has 9 nitrogen and oxygen atoms in total. The topological polar surface area (TPSA) is 113 Å². The van der Waals surface area contributed by atoms with E-state index in [1.54, 1.807) is 30.3 Å². The van der Waals surface area contributed by atoms with E-state index in [2.05, 4.69) is 11.1 Å². The summed E-state index contributed by atoms with van der Waals surface area (Å²) in [5.41, 5.74) is 5.82. The van der Waals surface area contributed by atoms with E-state index in [4.69, 9.17) is 19.7 Å². The first-order valence-corrected chi connectivity index (χ1v) is 13.3. The van der Waals surface area contributed by atoms with E-state index in [0.717, 1.165) is 48.3 Å². The number of benzene rings is 2. The van der Waals surface area contributed by atoms with Crippen LogP contribution in [0.2, 0.25) is 0 Å². The van der Waals surface area contributed by atoms with Crippen LogP contribution in [0.1, 0.15) is 50.4 Å². The van der Waals surface area contributed by atoms with Crippen LogP contribution in [0.3, 0.4) is 0 Å². The number of nitriles is 1. The summed E-state index contributed by atoms with van der Waals surface area (Å²) in [4.78, 5) is 22.3. The number of aliphatic hydroxyl groups excluding tert-OH is 1. The third-order valence-corrected chi connectivity index (χ3v) is 6.35. The molecule has 4 aromatic rings. The van der Waals surface area contributed by atoms with E-state index < -0.39 is 0 Å². The summed E-state index contributed by atoms with van der Waals surface area (Å²) in [6, 6.07) is 17.5. The summed E-state index contributed by atoms with van der Waals surface area (Å²) in [6.45, 7) is 9.24. The number of methoxy groups -OCH3 is 1. The molecule has 3 heterocycles. The monoisotopic (exact) mass is 541 g/mol. The Morgan fingerprint density at radius 1 is 1.02 bits per heavy atom. The molecule has 1 amide bonds. The van der Waals surface area contributed by atoms with Gasteiger partial charge in [-0.2, -0.15) is 5.26 Å². The Hall–Kier alpha value is -4.42. The molecule has 1 N–H and O–H groups in total. The Balaban J connectivity index is 0.000000259. The zero-order valence-corrected chi connectivity index (χ0v) is 23.6. The fourth-order valence-corrected chi connectivity index (χ4v) is 4.40. The van der Waals surface area contributed by atoms with Crippen molar-refractivity contribution in [1.29, 1.82) is 5.26 Å². The summed E-state index contributed by atoms with van der Waals surface area (Å²) in [5.74, 6) is 0.370. The summed E-state index contributed by atoms with van der Waals surface area (Å²) in [6.07, 6.45) is 3.85. The minimum atomic E-state index is -0.361. The van der Waals surface area contributed by atoms with Crippen molar-refractivity contribution in [1.82, 2.24) is 19.3 Å². The van der Waals surface area contributed by atoms with E-state index in [1.165, 1.54) is 0 Å². The highest BCUT2D eigenvalue weighted by Crippen LogP contribution is 2.35. The Labute approximate surface area is 234 Å². The molecule has 208 valence electrons. The van der Waals surface area contributed by atoms with Gasteiger partial charge in [0.25, 0.3) is 5.88 Å². The van der Waals surface area contributed by atoms with Gasteiger partial charge < -0.3 is 19.5 Å². The zero-order valence-electron chi connectivity index (χ0n) is 23.6. The Morgan fingerprint density at radius 3 is 2.20 bits per heavy atom. The minimum Gasteiger partial charge on any atom is -0.478 e. The second-order valence-electron chi connectivity index (χ2n) is 10.6. The second-order valence-corrected chi connectivity index (χ2v) is 10.6. The molecule has 2 aromatic heterocycles. The molecule has 40 heavy (non-hydrogen) atoms. The smallest absolute Gasteiger partial charge is 0.410 e. The average molecular weight is 542 g/mol. The van der Waals surface area contributed by atoms with Crippen LogP contribution in [0.4, 0.5) is 4.79 Å². The molecule has 9 heteroatoms. The number of likely N-dealkylation sites (tertiary alicyclic amines) is 1. The fraction of sp³-hybridized carbons (Fsp3) is 0.355. The maximum atomic E-state index is 11.4. The molecule has 0 bridgehead atoms. The molecule has 0 atom stereocenters. The average Bonchev–Trinajstić information content (AvgIpc) is 3.63. The van der Waals surface area contributed by atoms with Crippen molar-refractivity contribution >= 4 is 11.7 Å². The number of carbonyl (C=O) groups excluding carboxylic acids is 1. The number of imidazole rings is 1. The SMILES string of the molecule is CC(C)(C)OC(=O)N1CCCC1.COc1nc(-c2ccc(C#N)cc2)c(-c2ccc(C)cc2)n2cc(CO)nc12. The van der Waals surface area contributed by atoms with Crippen LogP contribution < -0.4 is 4.74 Å². The van der Waals surface area contributed by atoms with Gasteiger partial charge in [0.05, 0.1) is 42.4 Å². The zero-order chi connectivity index (χ0) is 28.9. The van der Waals surface area contributed by atoms with Gasteiger partial charge in [-0.15, -0.1) is 0 Å². The van der Waals surface area contributed by atoms with Crippen molar-refractivity contribution in [3.05, 3.63) is 71.5 Å². The van der Waals surface area contributed by atoms with Crippen LogP contribution in [0.25, 0.3) is 28.2 Å². The second kappa shape index (κ2) is 12.2. The van der Waals surface area contributed by atoms with E-state index in [9.17, 15) is 9.90 Å². The normalized spacial score (nSPS) is 13.0. The van der Waals surface area contributed by atoms with Crippen LogP contribution in [0, 0.1) is 18.3 Å². The summed E-state index contributed by atoms with van der Waals surface area (Å²) >= 11 is 0. The number of nitrogens with zero attached hydrogens (tertiary/aromatic N) is 5. The lowest BCUT2D eigenvalue weighted by Gasteiger charge is -2.23. The van der Waals surface area contributed by atoms with Gasteiger partial charge in [-0.05, 0) is 52.7 Å². The quantitative estimate of drug-likeness (QED) is 0.349. The fourth-order valence-electron chi connectivity index (χ4n) is 4.40. The van der Waals surface area contributed by atoms with Gasteiger partial charge in [-0.1, -0.05) is 42.0 Å². The van der Waals surface area contributed by atoms with E-state index in [0.29, 0.717) is 28.5 Å². The maximum absolute atomic E-state index is 11.4. The molecular formula is C31H35N5O4. The molecule has 0 aliphatic carbocycles. The summed E-state index contributed by atoms with van der Waals surface area (Å²) in [5, 5.41) is 18.7. The number of fused-ring (bicyclic) bond motifs is 1. The van der Waals surface area contributed by atoms with Crippen molar-refractivity contribution in [2.75, 3.05) is 20.2 Å². The first kappa shape index (κ1) is 28.6. The molecule has 1 aliphatic heterocycles. The number of aryl methyl sites for hydroxylation is 1. The van der Waals surface area contributed by atoms with E-state index in [-0.39, 0.29) is 18.3 Å². The first-order chi connectivity index (χ1) is 19.1. The molecule has 5 rings (SSSR count). The number of amides is 1. The minimum absolute atomic E-state index is 0.167. The Kier molecular flexibility index (Phi) is 8.70. The van der Waals surface area contributed by atoms with Gasteiger partial charge in [-0.25, -0.2) is 14.8 Å². The number of aliphatic hydroxyl groups is 1. The number of aromatic nitrogens is 3. The predicted octanol–water partition coefficient (Wildman–Crippen LogP) is 5.76. The highest BCUT2D eigenvalue weighted by molar-refractivity contribution is 5.82. The van der Waals surface area contributed by atoms with Crippen molar-refractivity contribution in [3.8, 4) is 34.5 Å². The van der Waals surface area contributed by atoms with Gasteiger partial charge >= 0.3 is 6.09 Å². The van der Waals surface area contributed by atoms with E-state index >= 15 is 0 Å². The maximum Gasteiger partial charge on any atom is 0.410 e. The van der Waals surface area contributed by atoms with Crippen molar-refractivity contribution < 1.29 is 19.4 Å². The Bertz CT molecular complexity index is 1510. The molecule has 1 fully saturated rings. The summed E-state index contributed by atoms with van der Waals surface area (Å²) in [7, 11) is 1.55. The third kappa shape index (κ3) is 6.58. The van der Waals surface area contributed by atoms with Crippen molar-refractivity contribution in [2.24, 2.45) is 0 Å². The van der Waals surface area contributed by atoms with Crippen molar-refractivity contribution in [3.63, 3.8) is 0 Å². The number of hydrogen-bond donors (Lipinski definition) is 1. The van der Waals surface area contributed by atoms with Gasteiger partial charge in [0.2, 0.25) is 5.65 Å². The molecule has 1 aliphatic rings. The van der Waals surface area contributed by atoms with Gasteiger partial charge in [-0.3, -0.25) is 4.40 Å². The molecule has 0 spiro atoms. The van der Waals surface area contributed by atoms with Crippen LogP contribution in [0.15, 0.2) is 54.7 Å². The third-order valence-electron chi connectivity index (χ3n) is 6.35. The highest BCUT2D eigenvalue weighted by Gasteiger charge is 2.24. The molecule has 0 radical (unpaired) electrons. The molecule has 0 unspecified atom stereocenters. The molecule has 0 saturated carbocycles. The lowest BCUT2D eigenvalue weighted by atomic mass is 10.0. The Morgan fingerprint density at radius 2 is 1.65 bits per heavy atom. The molecule has 1 saturated heterocycles. The summed E-state index contributed by atoms with van der Waals surface area (Å²) < 4.78 is 12.6. The van der Waals surface area contributed by atoms with Crippen molar-refractivity contribution in [2.45, 2.75) is 52.7 Å². The lowest BCUT2D eigenvalue weighted by molar-refractivity contribution is 0.0295. The highest BCUT2D eigenvalue weighted by atomic mass is 16.6. The molecular weight excluding hydrogens is 506 g/mol.